The number of hydrogen-bond donors (Lipinski definition) is 0. The number of hydrogen-bond acceptors (Lipinski definition) is 0. The lowest BCUT2D eigenvalue weighted by molar-refractivity contribution is -0.555. The minimum absolute atomic E-state index is 0.00760. The second-order valence-corrected chi connectivity index (χ2v) is 6.14. The Morgan fingerprint density at radius 3 is 2.31 bits per heavy atom. The summed E-state index contributed by atoms with van der Waals surface area (Å²) in [6, 6.07) is 19.2. The molecule has 0 nitrogen and oxygen atoms in total. The number of aryl methyl sites for hydroxylation is 1. The van der Waals surface area contributed by atoms with E-state index in [2.05, 4.69) is 71.7 Å². The lowest BCUT2D eigenvalue weighted by Gasteiger charge is -1.95. The van der Waals surface area contributed by atoms with Crippen LogP contribution in [0.3, 0.4) is 0 Å². The summed E-state index contributed by atoms with van der Waals surface area (Å²) >= 11 is 0.00760. The molecule has 1 heteroatoms. The van der Waals surface area contributed by atoms with Crippen LogP contribution >= 0.6 is 0 Å². The fraction of sp³-hybridized carbons (Fsp3) is 0.0667. The maximum absolute atomic E-state index is 2.33. The van der Waals surface area contributed by atoms with Crippen LogP contribution in [0.25, 0.3) is 6.08 Å². The Morgan fingerprint density at radius 2 is 1.56 bits per heavy atom. The van der Waals surface area contributed by atoms with Gasteiger partial charge in [0.25, 0.3) is 0 Å². The summed E-state index contributed by atoms with van der Waals surface area (Å²) in [5.41, 5.74) is 2.67. The van der Waals surface area contributed by atoms with E-state index in [0.717, 1.165) is 0 Å². The molecule has 0 radical (unpaired) electrons. The number of benzene rings is 2. The van der Waals surface area contributed by atoms with Crippen LogP contribution in [-0.2, 0) is 0 Å². The van der Waals surface area contributed by atoms with Crippen molar-refractivity contribution in [1.82, 2.24) is 0 Å². The standard InChI is InChI=1S/C15H14I/c1-13-7-5-6-8-14(13)11-12-16-15-9-3-2-4-10-15/h2-12H,1H3/q+1/b12-11+. The van der Waals surface area contributed by atoms with Crippen molar-refractivity contribution in [1.29, 1.82) is 0 Å². The van der Waals surface area contributed by atoms with E-state index in [4.69, 9.17) is 0 Å². The fourth-order valence-electron chi connectivity index (χ4n) is 1.43. The van der Waals surface area contributed by atoms with E-state index in [1.165, 1.54) is 14.7 Å². The highest BCUT2D eigenvalue weighted by molar-refractivity contribution is 5.51. The molecule has 0 aromatic heterocycles. The Hall–Kier alpha value is -1.09. The molecule has 80 valence electrons. The molecule has 0 N–H and O–H groups in total. The average Bonchev–Trinajstić information content (AvgIpc) is 2.33. The Labute approximate surface area is 107 Å². The van der Waals surface area contributed by atoms with Crippen LogP contribution in [0, 0.1) is 10.5 Å². The third kappa shape index (κ3) is 3.20. The lowest BCUT2D eigenvalue weighted by Crippen LogP contribution is -3.59. The normalized spacial score (nSPS) is 10.8. The molecule has 2 aromatic rings. The first-order valence-corrected chi connectivity index (χ1v) is 7.59. The summed E-state index contributed by atoms with van der Waals surface area (Å²) in [5, 5.41) is 0. The maximum atomic E-state index is 2.33. The minimum Gasteiger partial charge on any atom is -0.0620 e. The van der Waals surface area contributed by atoms with Gasteiger partial charge in [-0.25, -0.2) is 0 Å². The first-order chi connectivity index (χ1) is 7.86. The molecule has 0 bridgehead atoms. The van der Waals surface area contributed by atoms with Crippen molar-refractivity contribution in [3.63, 3.8) is 0 Å². The van der Waals surface area contributed by atoms with Gasteiger partial charge in [-0.05, 0) is 36.3 Å². The average molecular weight is 321 g/mol. The molecule has 2 aromatic carbocycles. The third-order valence-electron chi connectivity index (χ3n) is 2.35. The van der Waals surface area contributed by atoms with Gasteiger partial charge in [0.2, 0.25) is 0 Å². The summed E-state index contributed by atoms with van der Waals surface area (Å²) < 4.78 is 3.79. The van der Waals surface area contributed by atoms with Crippen LogP contribution in [0.4, 0.5) is 0 Å². The lowest BCUT2D eigenvalue weighted by atomic mass is 10.1. The van der Waals surface area contributed by atoms with Gasteiger partial charge < -0.3 is 0 Å². The highest BCUT2D eigenvalue weighted by atomic mass is 127. The largest absolute Gasteiger partial charge is 0.349 e. The van der Waals surface area contributed by atoms with Gasteiger partial charge in [0, 0.05) is 0 Å². The van der Waals surface area contributed by atoms with Crippen molar-refractivity contribution in [3.05, 3.63) is 73.4 Å². The van der Waals surface area contributed by atoms with E-state index >= 15 is 0 Å². The summed E-state index contributed by atoms with van der Waals surface area (Å²) in [6.45, 7) is 2.15. The molecule has 0 fully saturated rings. The highest BCUT2D eigenvalue weighted by Crippen LogP contribution is 2.07. The summed E-state index contributed by atoms with van der Waals surface area (Å²) in [7, 11) is 0. The molecule has 0 unspecified atom stereocenters. The van der Waals surface area contributed by atoms with Crippen LogP contribution < -0.4 is 21.2 Å². The van der Waals surface area contributed by atoms with Crippen molar-refractivity contribution in [3.8, 4) is 0 Å². The SMILES string of the molecule is Cc1ccccc1/C=C/[I+]c1ccccc1. The maximum Gasteiger partial charge on any atom is 0.349 e. The topological polar surface area (TPSA) is 0 Å². The Morgan fingerprint density at radius 1 is 0.875 bits per heavy atom. The van der Waals surface area contributed by atoms with Gasteiger partial charge >= 0.3 is 21.2 Å². The van der Waals surface area contributed by atoms with Crippen molar-refractivity contribution in [2.75, 3.05) is 0 Å². The van der Waals surface area contributed by atoms with Crippen LogP contribution in [-0.4, -0.2) is 0 Å². The zero-order valence-electron chi connectivity index (χ0n) is 9.23. The van der Waals surface area contributed by atoms with Crippen molar-refractivity contribution >= 4 is 6.08 Å². The van der Waals surface area contributed by atoms with Crippen LogP contribution in [0.2, 0.25) is 0 Å². The van der Waals surface area contributed by atoms with Crippen molar-refractivity contribution < 1.29 is 21.2 Å². The zero-order valence-corrected chi connectivity index (χ0v) is 11.4. The van der Waals surface area contributed by atoms with E-state index in [1.54, 1.807) is 0 Å². The van der Waals surface area contributed by atoms with E-state index in [1.807, 2.05) is 0 Å². The molecule has 0 aliphatic rings. The fourth-order valence-corrected chi connectivity index (χ4v) is 3.25. The van der Waals surface area contributed by atoms with Gasteiger partial charge in [0.15, 0.2) is 7.65 Å². The molecule has 0 heterocycles. The Kier molecular flexibility index (Phi) is 4.17. The molecule has 0 saturated heterocycles. The van der Waals surface area contributed by atoms with E-state index in [0.29, 0.717) is 0 Å². The van der Waals surface area contributed by atoms with E-state index in [9.17, 15) is 0 Å². The molecule has 0 amide bonds. The van der Waals surface area contributed by atoms with E-state index < -0.39 is 0 Å². The van der Waals surface area contributed by atoms with Crippen LogP contribution in [0.15, 0.2) is 58.7 Å². The summed E-state index contributed by atoms with van der Waals surface area (Å²) in [6.07, 6.45) is 2.25. The first-order valence-electron chi connectivity index (χ1n) is 5.27. The molecule has 0 aliphatic heterocycles. The van der Waals surface area contributed by atoms with Gasteiger partial charge in [0.1, 0.15) is 0 Å². The predicted octanol–water partition coefficient (Wildman–Crippen LogP) is 0.925. The molecular weight excluding hydrogens is 307 g/mol. The Balaban J connectivity index is 2.03. The minimum atomic E-state index is 0.00760. The Bertz CT molecular complexity index is 472. The molecular formula is C15H14I+. The van der Waals surface area contributed by atoms with Gasteiger partial charge in [-0.3, -0.25) is 0 Å². The van der Waals surface area contributed by atoms with Crippen LogP contribution in [0.1, 0.15) is 11.1 Å². The molecule has 0 atom stereocenters. The van der Waals surface area contributed by atoms with Gasteiger partial charge in [-0.15, -0.1) is 0 Å². The van der Waals surface area contributed by atoms with Gasteiger partial charge in [-0.1, -0.05) is 42.5 Å². The second kappa shape index (κ2) is 5.85. The van der Waals surface area contributed by atoms with Crippen LogP contribution in [0.5, 0.6) is 0 Å². The summed E-state index contributed by atoms with van der Waals surface area (Å²) in [4.78, 5) is 0. The molecule has 0 spiro atoms. The monoisotopic (exact) mass is 321 g/mol. The smallest absolute Gasteiger partial charge is 0.0620 e. The van der Waals surface area contributed by atoms with Gasteiger partial charge in [0.05, 0.1) is 0 Å². The molecule has 0 aliphatic carbocycles. The van der Waals surface area contributed by atoms with Gasteiger partial charge in [-0.2, -0.15) is 0 Å². The molecule has 16 heavy (non-hydrogen) atoms. The van der Waals surface area contributed by atoms with E-state index in [-0.39, 0.29) is 21.2 Å². The zero-order chi connectivity index (χ0) is 11.2. The predicted molar refractivity (Wildman–Crippen MR) is 65.4 cm³/mol. The molecule has 0 saturated carbocycles. The highest BCUT2D eigenvalue weighted by Gasteiger charge is 2.05. The second-order valence-electron chi connectivity index (χ2n) is 3.55. The first kappa shape index (κ1) is 11.4. The number of halogens is 1. The van der Waals surface area contributed by atoms with Crippen molar-refractivity contribution in [2.24, 2.45) is 0 Å². The summed E-state index contributed by atoms with van der Waals surface area (Å²) in [5.74, 6) is 0. The third-order valence-corrected chi connectivity index (χ3v) is 4.51. The number of rotatable bonds is 3. The quantitative estimate of drug-likeness (QED) is 0.738. The van der Waals surface area contributed by atoms with Crippen molar-refractivity contribution in [2.45, 2.75) is 6.92 Å². The molecule has 2 rings (SSSR count).